The monoisotopic (exact) mass is 528 g/mol. The van der Waals surface area contributed by atoms with Gasteiger partial charge in [0, 0.05) is 30.1 Å². The molecule has 0 saturated heterocycles. The van der Waals surface area contributed by atoms with Crippen molar-refractivity contribution in [3.05, 3.63) is 51.5 Å². The molecule has 0 saturated carbocycles. The molecule has 4 atom stereocenters. The topological polar surface area (TPSA) is 194 Å². The smallest absolute Gasteiger partial charge is 0.255 e. The Bertz CT molecular complexity index is 1310. The van der Waals surface area contributed by atoms with Crippen LogP contribution < -0.4 is 11.1 Å². The number of rotatable bonds is 6. The Labute approximate surface area is 219 Å². The van der Waals surface area contributed by atoms with Gasteiger partial charge in [0.1, 0.15) is 22.8 Å². The number of nitrogens with two attached hydrogens (primary N) is 1. The molecule has 0 heterocycles. The molecule has 7 N–H and O–H groups in total. The van der Waals surface area contributed by atoms with Crippen molar-refractivity contribution in [3.63, 3.8) is 0 Å². The summed E-state index contributed by atoms with van der Waals surface area (Å²) in [4.78, 5) is 55.4. The lowest BCUT2D eigenvalue weighted by Crippen LogP contribution is -2.63. The van der Waals surface area contributed by atoms with Crippen LogP contribution in [-0.4, -0.2) is 107 Å². The number of nitrogens with zero attached hydrogens (tertiary/aromatic N) is 2. The van der Waals surface area contributed by atoms with Gasteiger partial charge in [0.2, 0.25) is 5.78 Å². The summed E-state index contributed by atoms with van der Waals surface area (Å²) >= 11 is 0. The lowest BCUT2D eigenvalue weighted by atomic mass is 9.58. The second-order valence-electron chi connectivity index (χ2n) is 10.5. The van der Waals surface area contributed by atoms with Crippen molar-refractivity contribution in [2.75, 3.05) is 41.3 Å². The van der Waals surface area contributed by atoms with Crippen molar-refractivity contribution in [3.8, 4) is 5.75 Å². The average Bonchev–Trinajstić information content (AvgIpc) is 2.80. The number of hydrogen-bond donors (Lipinski definition) is 6. The van der Waals surface area contributed by atoms with Gasteiger partial charge in [0.25, 0.3) is 11.8 Å². The maximum Gasteiger partial charge on any atom is 0.255 e. The summed E-state index contributed by atoms with van der Waals surface area (Å²) in [5.41, 5.74) is 1.75. The molecule has 38 heavy (non-hydrogen) atoms. The van der Waals surface area contributed by atoms with Crippen molar-refractivity contribution < 1.29 is 39.6 Å². The van der Waals surface area contributed by atoms with Crippen LogP contribution in [0.2, 0.25) is 0 Å². The Morgan fingerprint density at radius 1 is 1.13 bits per heavy atom. The van der Waals surface area contributed by atoms with Crippen LogP contribution in [0, 0.1) is 11.8 Å². The van der Waals surface area contributed by atoms with E-state index in [2.05, 4.69) is 5.32 Å². The molecule has 3 aliphatic carbocycles. The molecule has 1 aromatic rings. The first-order valence-corrected chi connectivity index (χ1v) is 12.2. The van der Waals surface area contributed by atoms with Crippen molar-refractivity contribution in [2.24, 2.45) is 17.6 Å². The molecule has 0 fully saturated rings. The molecule has 0 spiro atoms. The zero-order chi connectivity index (χ0) is 28.3. The summed E-state index contributed by atoms with van der Waals surface area (Å²) in [6, 6.07) is 1.54. The van der Waals surface area contributed by atoms with Crippen molar-refractivity contribution in [1.82, 2.24) is 15.1 Å². The van der Waals surface area contributed by atoms with Gasteiger partial charge in [0.15, 0.2) is 11.4 Å². The minimum atomic E-state index is -2.71. The molecule has 2 amide bonds. The van der Waals surface area contributed by atoms with Crippen molar-refractivity contribution in [1.29, 1.82) is 0 Å². The second-order valence-corrected chi connectivity index (χ2v) is 10.5. The predicted octanol–water partition coefficient (Wildman–Crippen LogP) is -0.588. The Morgan fingerprint density at radius 2 is 1.79 bits per heavy atom. The normalized spacial score (nSPS) is 26.9. The van der Waals surface area contributed by atoms with Crippen LogP contribution in [0.4, 0.5) is 0 Å². The second kappa shape index (κ2) is 9.53. The summed E-state index contributed by atoms with van der Waals surface area (Å²) in [5, 5.41) is 47.1. The number of fused-ring (bicyclic) bond motifs is 3. The number of likely N-dealkylation sites (N-methyl/N-ethyl adjacent to an activating group) is 2. The minimum absolute atomic E-state index is 0.0410. The summed E-state index contributed by atoms with van der Waals surface area (Å²) in [5.74, 6) is -7.75. The molecule has 0 bridgehead atoms. The van der Waals surface area contributed by atoms with Crippen LogP contribution in [0.5, 0.6) is 5.75 Å². The number of carbonyl (C=O) groups excluding carboxylic acids is 4. The van der Waals surface area contributed by atoms with Gasteiger partial charge in [-0.1, -0.05) is 0 Å². The number of benzene rings is 1. The van der Waals surface area contributed by atoms with Gasteiger partial charge in [-0.05, 0) is 64.6 Å². The number of Topliss-reactive ketones (excluding diaryl/α,β-unsaturated/α-hetero) is 2. The maximum atomic E-state index is 13.7. The number of ketones is 2. The maximum absolute atomic E-state index is 13.7. The molecule has 0 aromatic heterocycles. The van der Waals surface area contributed by atoms with E-state index < -0.39 is 69.7 Å². The van der Waals surface area contributed by atoms with Crippen LogP contribution in [-0.2, 0) is 16.0 Å². The third-order valence-electron chi connectivity index (χ3n) is 7.70. The van der Waals surface area contributed by atoms with Gasteiger partial charge in [-0.15, -0.1) is 0 Å². The van der Waals surface area contributed by atoms with Crippen molar-refractivity contribution >= 4 is 23.4 Å². The van der Waals surface area contributed by atoms with Gasteiger partial charge in [-0.2, -0.15) is 0 Å². The Kier molecular flexibility index (Phi) is 6.85. The number of hydrogen-bond acceptors (Lipinski definition) is 10. The number of phenols is 1. The zero-order valence-corrected chi connectivity index (χ0v) is 21.6. The summed E-state index contributed by atoms with van der Waals surface area (Å²) < 4.78 is 0. The van der Waals surface area contributed by atoms with Gasteiger partial charge in [-0.3, -0.25) is 24.1 Å². The largest absolute Gasteiger partial charge is 0.510 e. The summed E-state index contributed by atoms with van der Waals surface area (Å²) in [6.45, 7) is 0.930. The lowest BCUT2D eigenvalue weighted by molar-refractivity contribution is -0.148. The van der Waals surface area contributed by atoms with E-state index in [-0.39, 0.29) is 35.1 Å². The fraction of sp³-hybridized carbons (Fsp3) is 0.462. The molecule has 12 nitrogen and oxygen atoms in total. The fourth-order valence-electron chi connectivity index (χ4n) is 5.95. The highest BCUT2D eigenvalue weighted by molar-refractivity contribution is 6.25. The highest BCUT2D eigenvalue weighted by Crippen LogP contribution is 2.52. The van der Waals surface area contributed by atoms with E-state index >= 15 is 0 Å². The number of amides is 2. The number of nitrogens with one attached hydrogen (secondary N) is 1. The number of primary amides is 1. The van der Waals surface area contributed by atoms with Crippen LogP contribution in [0.15, 0.2) is 34.8 Å². The molecule has 12 heteroatoms. The van der Waals surface area contributed by atoms with E-state index in [1.54, 1.807) is 14.1 Å². The first-order chi connectivity index (χ1) is 17.7. The predicted molar refractivity (Wildman–Crippen MR) is 135 cm³/mol. The zero-order valence-electron chi connectivity index (χ0n) is 21.6. The van der Waals surface area contributed by atoms with Gasteiger partial charge in [0.05, 0.1) is 11.6 Å². The van der Waals surface area contributed by atoms with E-state index in [0.29, 0.717) is 13.1 Å². The molecule has 0 unspecified atom stereocenters. The summed E-state index contributed by atoms with van der Waals surface area (Å²) in [7, 11) is 6.82. The molecular weight excluding hydrogens is 496 g/mol. The standard InChI is InChI=1S/C26H32N4O8/c1-29(2)8-7-28-25(37)12-5-6-15(31)17-13(12)9-11-10-14-19(30(3)4)21(33)18(24(27)36)23(35)26(14,38)22(34)16(11)20(17)32/h5-6,11,14,19,31,33-34,38H,7-10H2,1-4H3,(H2,27,36)(H,28,37)/t11-,14-,19-,26-/m0/s1. The van der Waals surface area contributed by atoms with Crippen LogP contribution in [0.1, 0.15) is 32.7 Å². The number of phenolic OH excluding ortho intramolecular Hbond substituents is 1. The molecule has 4 rings (SSSR count). The highest BCUT2D eigenvalue weighted by Gasteiger charge is 2.63. The first-order valence-electron chi connectivity index (χ1n) is 12.2. The van der Waals surface area contributed by atoms with E-state index in [4.69, 9.17) is 5.73 Å². The van der Waals surface area contributed by atoms with Gasteiger partial charge in [-0.25, -0.2) is 0 Å². The lowest BCUT2D eigenvalue weighted by Gasteiger charge is -2.50. The van der Waals surface area contributed by atoms with Gasteiger partial charge >= 0.3 is 0 Å². The van der Waals surface area contributed by atoms with Crippen LogP contribution >= 0.6 is 0 Å². The number of aliphatic hydroxyl groups is 3. The number of aliphatic hydroxyl groups excluding tert-OH is 2. The number of carbonyl (C=O) groups is 4. The van der Waals surface area contributed by atoms with E-state index in [0.717, 1.165) is 0 Å². The Balaban J connectivity index is 1.85. The Morgan fingerprint density at radius 3 is 2.37 bits per heavy atom. The van der Waals surface area contributed by atoms with E-state index in [9.17, 15) is 39.6 Å². The number of allylic oxidation sites excluding steroid dienone is 1. The first kappa shape index (κ1) is 27.3. The summed E-state index contributed by atoms with van der Waals surface area (Å²) in [6.07, 6.45) is -0.0114. The molecule has 0 radical (unpaired) electrons. The van der Waals surface area contributed by atoms with Crippen molar-refractivity contribution in [2.45, 2.75) is 24.5 Å². The molecule has 204 valence electrons. The van der Waals surface area contributed by atoms with E-state index in [1.165, 1.54) is 17.0 Å². The van der Waals surface area contributed by atoms with E-state index in [1.807, 2.05) is 19.0 Å². The SMILES string of the molecule is CN(C)CCNC(=O)c1ccc(O)c2c1C[C@H]1C[C@H]3[C@H](N(C)C)C(O)=C(C(N)=O)C(=O)[C@@]3(O)C(O)=C1C2=O. The van der Waals surface area contributed by atoms with Gasteiger partial charge < -0.3 is 36.4 Å². The molecular formula is C26H32N4O8. The minimum Gasteiger partial charge on any atom is -0.510 e. The average molecular weight is 529 g/mol. The van der Waals surface area contributed by atoms with Crippen LogP contribution in [0.25, 0.3) is 0 Å². The third-order valence-corrected chi connectivity index (χ3v) is 7.70. The molecule has 0 aliphatic heterocycles. The Hall–Kier alpha value is -3.74. The highest BCUT2D eigenvalue weighted by atomic mass is 16.3. The molecule has 1 aromatic carbocycles. The number of aromatic hydroxyl groups is 1. The molecule has 3 aliphatic rings. The fourth-order valence-corrected chi connectivity index (χ4v) is 5.95. The quantitative estimate of drug-likeness (QED) is 0.260. The van der Waals surface area contributed by atoms with Crippen LogP contribution in [0.3, 0.4) is 0 Å². The third kappa shape index (κ3) is 3.96.